The zero-order valence-corrected chi connectivity index (χ0v) is 13.1. The maximum atomic E-state index is 6.28. The van der Waals surface area contributed by atoms with E-state index in [4.69, 9.17) is 10.5 Å². The third-order valence-corrected chi connectivity index (χ3v) is 4.37. The van der Waals surface area contributed by atoms with Gasteiger partial charge in [-0.25, -0.2) is 0 Å². The zero-order chi connectivity index (χ0) is 14.1. The highest BCUT2D eigenvalue weighted by Gasteiger charge is 2.27. The summed E-state index contributed by atoms with van der Waals surface area (Å²) in [6.07, 6.45) is 1.92. The van der Waals surface area contributed by atoms with Crippen LogP contribution >= 0.6 is 15.9 Å². The van der Waals surface area contributed by atoms with Crippen LogP contribution in [0.15, 0.2) is 46.9 Å². The van der Waals surface area contributed by atoms with Gasteiger partial charge in [-0.3, -0.25) is 0 Å². The smallest absolute Gasteiger partial charge is 0.126 e. The molecule has 1 unspecified atom stereocenters. The Kier molecular flexibility index (Phi) is 3.81. The van der Waals surface area contributed by atoms with E-state index in [2.05, 4.69) is 47.1 Å². The van der Waals surface area contributed by atoms with Crippen molar-refractivity contribution in [2.45, 2.75) is 31.9 Å². The Morgan fingerprint density at radius 1 is 1.20 bits per heavy atom. The van der Waals surface area contributed by atoms with E-state index < -0.39 is 0 Å². The number of nitrogens with two attached hydrogens (primary N) is 1. The largest absolute Gasteiger partial charge is 0.485 e. The molecule has 0 fully saturated rings. The summed E-state index contributed by atoms with van der Waals surface area (Å²) in [7, 11) is 0. The van der Waals surface area contributed by atoms with Crippen molar-refractivity contribution in [1.29, 1.82) is 0 Å². The Bertz CT molecular complexity index is 609. The normalized spacial score (nSPS) is 21.1. The predicted molar refractivity (Wildman–Crippen MR) is 84.9 cm³/mol. The van der Waals surface area contributed by atoms with E-state index in [1.165, 1.54) is 11.1 Å². The SMILES string of the molecule is CCc1ccc(C2C[C@H](N)c3ccc(Br)cc3O2)cc1. The summed E-state index contributed by atoms with van der Waals surface area (Å²) in [6.45, 7) is 2.16. The van der Waals surface area contributed by atoms with Crippen LogP contribution in [0.5, 0.6) is 5.75 Å². The lowest BCUT2D eigenvalue weighted by Gasteiger charge is -2.30. The first kappa shape index (κ1) is 13.7. The van der Waals surface area contributed by atoms with Crippen molar-refractivity contribution in [2.24, 2.45) is 5.73 Å². The van der Waals surface area contributed by atoms with Crippen LogP contribution in [-0.4, -0.2) is 0 Å². The van der Waals surface area contributed by atoms with E-state index in [9.17, 15) is 0 Å². The number of rotatable bonds is 2. The second-order valence-electron chi connectivity index (χ2n) is 5.23. The molecule has 104 valence electrons. The molecule has 0 spiro atoms. The molecule has 1 aliphatic heterocycles. The molecule has 2 aromatic carbocycles. The molecular weight excluding hydrogens is 314 g/mol. The Balaban J connectivity index is 1.89. The van der Waals surface area contributed by atoms with Crippen LogP contribution in [0.2, 0.25) is 0 Å². The first-order valence-corrected chi connectivity index (χ1v) is 7.77. The molecule has 1 heterocycles. The fourth-order valence-electron chi connectivity index (χ4n) is 2.65. The minimum absolute atomic E-state index is 0.0303. The fourth-order valence-corrected chi connectivity index (χ4v) is 2.99. The maximum Gasteiger partial charge on any atom is 0.126 e. The van der Waals surface area contributed by atoms with Gasteiger partial charge in [0.2, 0.25) is 0 Å². The van der Waals surface area contributed by atoms with E-state index in [1.807, 2.05) is 18.2 Å². The lowest BCUT2D eigenvalue weighted by molar-refractivity contribution is 0.161. The van der Waals surface area contributed by atoms with Crippen molar-refractivity contribution in [3.05, 3.63) is 63.6 Å². The average molecular weight is 332 g/mol. The molecule has 3 heteroatoms. The number of fused-ring (bicyclic) bond motifs is 1. The molecule has 0 saturated heterocycles. The maximum absolute atomic E-state index is 6.28. The number of hydrogen-bond acceptors (Lipinski definition) is 2. The summed E-state index contributed by atoms with van der Waals surface area (Å²) in [5, 5.41) is 0. The van der Waals surface area contributed by atoms with Gasteiger partial charge in [0.15, 0.2) is 0 Å². The van der Waals surface area contributed by atoms with E-state index in [0.29, 0.717) is 0 Å². The quantitative estimate of drug-likeness (QED) is 0.877. The van der Waals surface area contributed by atoms with E-state index in [0.717, 1.165) is 28.6 Å². The number of aryl methyl sites for hydroxylation is 1. The Morgan fingerprint density at radius 3 is 2.65 bits per heavy atom. The van der Waals surface area contributed by atoms with Gasteiger partial charge in [-0.1, -0.05) is 53.2 Å². The molecule has 2 nitrogen and oxygen atoms in total. The molecule has 20 heavy (non-hydrogen) atoms. The van der Waals surface area contributed by atoms with Gasteiger partial charge in [0.1, 0.15) is 11.9 Å². The highest BCUT2D eigenvalue weighted by atomic mass is 79.9. The van der Waals surface area contributed by atoms with Crippen LogP contribution in [0.4, 0.5) is 0 Å². The number of hydrogen-bond donors (Lipinski definition) is 1. The lowest BCUT2D eigenvalue weighted by Crippen LogP contribution is -2.24. The van der Waals surface area contributed by atoms with Crippen LogP contribution in [0, 0.1) is 0 Å². The second-order valence-corrected chi connectivity index (χ2v) is 6.14. The molecule has 0 saturated carbocycles. The number of benzene rings is 2. The van der Waals surface area contributed by atoms with Gasteiger partial charge < -0.3 is 10.5 Å². The van der Waals surface area contributed by atoms with Crippen molar-refractivity contribution < 1.29 is 4.74 Å². The van der Waals surface area contributed by atoms with E-state index >= 15 is 0 Å². The van der Waals surface area contributed by atoms with Gasteiger partial charge in [-0.2, -0.15) is 0 Å². The standard InChI is InChI=1S/C17H18BrNO/c1-2-11-3-5-12(6-4-11)16-10-15(19)14-8-7-13(18)9-17(14)20-16/h3-9,15-16H,2,10,19H2,1H3/t15-,16?/m0/s1. The molecule has 0 radical (unpaired) electrons. The summed E-state index contributed by atoms with van der Waals surface area (Å²) >= 11 is 3.48. The van der Waals surface area contributed by atoms with Crippen LogP contribution in [0.1, 0.15) is 42.2 Å². The summed E-state index contributed by atoms with van der Waals surface area (Å²) < 4.78 is 7.15. The predicted octanol–water partition coefficient (Wildman–Crippen LogP) is 4.54. The number of ether oxygens (including phenoxy) is 1. The van der Waals surface area contributed by atoms with Gasteiger partial charge in [0.25, 0.3) is 0 Å². The van der Waals surface area contributed by atoms with E-state index in [1.54, 1.807) is 0 Å². The first-order chi connectivity index (χ1) is 9.67. The average Bonchev–Trinajstić information content (AvgIpc) is 2.46. The minimum Gasteiger partial charge on any atom is -0.485 e. The van der Waals surface area contributed by atoms with Gasteiger partial charge >= 0.3 is 0 Å². The fraction of sp³-hybridized carbons (Fsp3) is 0.294. The third kappa shape index (κ3) is 2.60. The summed E-state index contributed by atoms with van der Waals surface area (Å²) in [4.78, 5) is 0. The highest BCUT2D eigenvalue weighted by Crippen LogP contribution is 2.40. The molecule has 2 atom stereocenters. The lowest BCUT2D eigenvalue weighted by atomic mass is 9.93. The summed E-state index contributed by atoms with van der Waals surface area (Å²) in [5.41, 5.74) is 9.92. The molecule has 0 amide bonds. The van der Waals surface area contributed by atoms with Gasteiger partial charge in [0.05, 0.1) is 0 Å². The topological polar surface area (TPSA) is 35.2 Å². The molecule has 2 aromatic rings. The molecule has 0 aromatic heterocycles. The van der Waals surface area contributed by atoms with Crippen molar-refractivity contribution in [1.82, 2.24) is 0 Å². The monoisotopic (exact) mass is 331 g/mol. The molecule has 1 aliphatic rings. The molecule has 0 aliphatic carbocycles. The highest BCUT2D eigenvalue weighted by molar-refractivity contribution is 9.10. The van der Waals surface area contributed by atoms with E-state index in [-0.39, 0.29) is 12.1 Å². The number of halogens is 1. The van der Waals surface area contributed by atoms with Crippen molar-refractivity contribution in [2.75, 3.05) is 0 Å². The van der Waals surface area contributed by atoms with Crippen molar-refractivity contribution >= 4 is 15.9 Å². The van der Waals surface area contributed by atoms with Crippen LogP contribution < -0.4 is 10.5 Å². The molecule has 2 N–H and O–H groups in total. The molecule has 3 rings (SSSR count). The van der Waals surface area contributed by atoms with Crippen molar-refractivity contribution in [3.63, 3.8) is 0 Å². The Hall–Kier alpha value is -1.32. The van der Waals surface area contributed by atoms with Gasteiger partial charge in [0, 0.05) is 22.5 Å². The summed E-state index contributed by atoms with van der Waals surface area (Å²) in [6, 6.07) is 14.7. The molecular formula is C17H18BrNO. The second kappa shape index (κ2) is 5.58. The Labute approximate surface area is 128 Å². The Morgan fingerprint density at radius 2 is 1.95 bits per heavy atom. The van der Waals surface area contributed by atoms with Crippen LogP contribution in [0.25, 0.3) is 0 Å². The van der Waals surface area contributed by atoms with Crippen LogP contribution in [-0.2, 0) is 6.42 Å². The summed E-state index contributed by atoms with van der Waals surface area (Å²) in [5.74, 6) is 0.891. The first-order valence-electron chi connectivity index (χ1n) is 6.98. The zero-order valence-electron chi connectivity index (χ0n) is 11.5. The minimum atomic E-state index is 0.0303. The molecule has 0 bridgehead atoms. The van der Waals surface area contributed by atoms with Gasteiger partial charge in [-0.05, 0) is 29.7 Å². The van der Waals surface area contributed by atoms with Crippen LogP contribution in [0.3, 0.4) is 0 Å². The van der Waals surface area contributed by atoms with Gasteiger partial charge in [-0.15, -0.1) is 0 Å². The third-order valence-electron chi connectivity index (χ3n) is 3.87. The van der Waals surface area contributed by atoms with Crippen molar-refractivity contribution in [3.8, 4) is 5.75 Å².